The SMILES string of the molecule is Cc1cc(S(=O)(=O)NC(C2CCNCC2)C2CC2)ccc1NC(=O)c1ccccc1C. The number of amides is 1. The van der Waals surface area contributed by atoms with Gasteiger partial charge in [-0.05, 0) is 99.8 Å². The molecule has 0 spiro atoms. The molecule has 1 heterocycles. The van der Waals surface area contributed by atoms with Crippen molar-refractivity contribution in [2.24, 2.45) is 11.8 Å². The number of carbonyl (C=O) groups is 1. The van der Waals surface area contributed by atoms with Gasteiger partial charge in [-0.3, -0.25) is 4.79 Å². The van der Waals surface area contributed by atoms with Crippen LogP contribution in [0.2, 0.25) is 0 Å². The van der Waals surface area contributed by atoms with Crippen LogP contribution in [-0.2, 0) is 10.0 Å². The summed E-state index contributed by atoms with van der Waals surface area (Å²) in [6.07, 6.45) is 4.21. The molecule has 1 amide bonds. The average molecular weight is 442 g/mol. The van der Waals surface area contributed by atoms with Crippen LogP contribution in [0, 0.1) is 25.7 Å². The Morgan fingerprint density at radius 3 is 2.29 bits per heavy atom. The molecule has 166 valence electrons. The number of nitrogens with one attached hydrogen (secondary N) is 3. The van der Waals surface area contributed by atoms with Gasteiger partial charge in [0.15, 0.2) is 0 Å². The van der Waals surface area contributed by atoms with Gasteiger partial charge in [-0.15, -0.1) is 0 Å². The summed E-state index contributed by atoms with van der Waals surface area (Å²) in [6, 6.07) is 12.3. The molecule has 1 saturated carbocycles. The van der Waals surface area contributed by atoms with E-state index in [9.17, 15) is 13.2 Å². The summed E-state index contributed by atoms with van der Waals surface area (Å²) in [4.78, 5) is 12.9. The van der Waals surface area contributed by atoms with Crippen LogP contribution in [0.3, 0.4) is 0 Å². The van der Waals surface area contributed by atoms with Gasteiger partial charge in [-0.2, -0.15) is 0 Å². The van der Waals surface area contributed by atoms with Gasteiger partial charge in [0.1, 0.15) is 0 Å². The Kier molecular flexibility index (Phi) is 6.46. The number of benzene rings is 2. The van der Waals surface area contributed by atoms with Crippen LogP contribution >= 0.6 is 0 Å². The monoisotopic (exact) mass is 441 g/mol. The molecule has 0 bridgehead atoms. The van der Waals surface area contributed by atoms with Crippen molar-refractivity contribution in [1.82, 2.24) is 10.0 Å². The summed E-state index contributed by atoms with van der Waals surface area (Å²) in [6.45, 7) is 5.60. The molecule has 31 heavy (non-hydrogen) atoms. The zero-order valence-corrected chi connectivity index (χ0v) is 19.0. The lowest BCUT2D eigenvalue weighted by Crippen LogP contribution is -2.45. The molecule has 1 atom stereocenters. The van der Waals surface area contributed by atoms with Crippen molar-refractivity contribution in [1.29, 1.82) is 0 Å². The first-order chi connectivity index (χ1) is 14.8. The minimum Gasteiger partial charge on any atom is -0.322 e. The van der Waals surface area contributed by atoms with Gasteiger partial charge < -0.3 is 10.6 Å². The molecule has 1 aliphatic heterocycles. The summed E-state index contributed by atoms with van der Waals surface area (Å²) in [7, 11) is -3.62. The van der Waals surface area contributed by atoms with E-state index in [0.29, 0.717) is 23.1 Å². The van der Waals surface area contributed by atoms with Crippen molar-refractivity contribution in [3.63, 3.8) is 0 Å². The lowest BCUT2D eigenvalue weighted by Gasteiger charge is -2.31. The standard InChI is InChI=1S/C24H31N3O3S/c1-16-5-3-4-6-21(16)24(28)26-22-10-9-20(15-17(22)2)31(29,30)27-23(18-7-8-18)19-11-13-25-14-12-19/h3-6,9-10,15,18-19,23,25,27H,7-8,11-14H2,1-2H3,(H,26,28). The van der Waals surface area contributed by atoms with Crippen molar-refractivity contribution in [2.45, 2.75) is 50.5 Å². The molecule has 4 rings (SSSR count). The minimum absolute atomic E-state index is 0.00726. The number of rotatable bonds is 7. The van der Waals surface area contributed by atoms with Gasteiger partial charge in [-0.1, -0.05) is 18.2 Å². The summed E-state index contributed by atoms with van der Waals surface area (Å²) >= 11 is 0. The van der Waals surface area contributed by atoms with E-state index in [2.05, 4.69) is 15.4 Å². The maximum Gasteiger partial charge on any atom is 0.255 e. The van der Waals surface area contributed by atoms with Crippen molar-refractivity contribution in [2.75, 3.05) is 18.4 Å². The number of hydrogen-bond donors (Lipinski definition) is 3. The van der Waals surface area contributed by atoms with Gasteiger partial charge >= 0.3 is 0 Å². The minimum atomic E-state index is -3.62. The second kappa shape index (κ2) is 9.10. The normalized spacial score (nSPS) is 18.5. The van der Waals surface area contributed by atoms with Crippen LogP contribution in [0.15, 0.2) is 47.4 Å². The molecular weight excluding hydrogens is 410 g/mol. The highest BCUT2D eigenvalue weighted by molar-refractivity contribution is 7.89. The third-order valence-corrected chi connectivity index (χ3v) is 7.92. The molecular formula is C24H31N3O3S. The Morgan fingerprint density at radius 1 is 0.968 bits per heavy atom. The second-order valence-corrected chi connectivity index (χ2v) is 10.5. The van der Waals surface area contributed by atoms with E-state index in [1.54, 1.807) is 24.3 Å². The molecule has 2 aromatic rings. The number of piperidine rings is 1. The molecule has 1 unspecified atom stereocenters. The molecule has 7 heteroatoms. The van der Waals surface area contributed by atoms with Crippen LogP contribution in [0.1, 0.15) is 47.2 Å². The highest BCUT2D eigenvalue weighted by Crippen LogP contribution is 2.39. The van der Waals surface area contributed by atoms with Crippen molar-refractivity contribution in [3.8, 4) is 0 Å². The Balaban J connectivity index is 1.49. The summed E-state index contributed by atoms with van der Waals surface area (Å²) in [5.41, 5.74) is 2.83. The maximum absolute atomic E-state index is 13.2. The smallest absolute Gasteiger partial charge is 0.255 e. The molecule has 3 N–H and O–H groups in total. The zero-order valence-electron chi connectivity index (χ0n) is 18.1. The van der Waals surface area contributed by atoms with E-state index in [1.807, 2.05) is 32.0 Å². The van der Waals surface area contributed by atoms with Crippen LogP contribution in [-0.4, -0.2) is 33.5 Å². The number of carbonyl (C=O) groups excluding carboxylic acids is 1. The molecule has 2 aliphatic rings. The van der Waals surface area contributed by atoms with Crippen LogP contribution < -0.4 is 15.4 Å². The van der Waals surface area contributed by atoms with E-state index in [4.69, 9.17) is 0 Å². The zero-order chi connectivity index (χ0) is 22.0. The lowest BCUT2D eigenvalue weighted by atomic mass is 9.88. The van der Waals surface area contributed by atoms with Crippen LogP contribution in [0.4, 0.5) is 5.69 Å². The topological polar surface area (TPSA) is 87.3 Å². The largest absolute Gasteiger partial charge is 0.322 e. The fourth-order valence-corrected chi connectivity index (χ4v) is 5.90. The fraction of sp³-hybridized carbons (Fsp3) is 0.458. The predicted octanol–water partition coefficient (Wildman–Crippen LogP) is 3.61. The summed E-state index contributed by atoms with van der Waals surface area (Å²) in [5, 5.41) is 6.26. The highest BCUT2D eigenvalue weighted by atomic mass is 32.2. The van der Waals surface area contributed by atoms with Gasteiger partial charge in [-0.25, -0.2) is 13.1 Å². The Bertz CT molecular complexity index is 1060. The van der Waals surface area contributed by atoms with E-state index >= 15 is 0 Å². The first-order valence-corrected chi connectivity index (χ1v) is 12.5. The van der Waals surface area contributed by atoms with Crippen molar-refractivity contribution in [3.05, 3.63) is 59.2 Å². The molecule has 2 aromatic carbocycles. The fourth-order valence-electron chi connectivity index (χ4n) is 4.44. The van der Waals surface area contributed by atoms with Gasteiger partial charge in [0.25, 0.3) is 5.91 Å². The van der Waals surface area contributed by atoms with Crippen molar-refractivity contribution < 1.29 is 13.2 Å². The Labute approximate surface area is 184 Å². The molecule has 6 nitrogen and oxygen atoms in total. The van der Waals surface area contributed by atoms with E-state index in [1.165, 1.54) is 0 Å². The maximum atomic E-state index is 13.2. The van der Waals surface area contributed by atoms with E-state index < -0.39 is 10.0 Å². The Hall–Kier alpha value is -2.22. The molecule has 0 aromatic heterocycles. The van der Waals surface area contributed by atoms with Gasteiger partial charge in [0.05, 0.1) is 4.90 Å². The second-order valence-electron chi connectivity index (χ2n) is 8.82. The summed E-state index contributed by atoms with van der Waals surface area (Å²) in [5.74, 6) is 0.638. The number of hydrogen-bond acceptors (Lipinski definition) is 4. The lowest BCUT2D eigenvalue weighted by molar-refractivity contribution is 0.102. The van der Waals surface area contributed by atoms with Gasteiger partial charge in [0, 0.05) is 17.3 Å². The molecule has 1 saturated heterocycles. The van der Waals surface area contributed by atoms with Crippen LogP contribution in [0.5, 0.6) is 0 Å². The molecule has 2 fully saturated rings. The molecule has 0 radical (unpaired) electrons. The third kappa shape index (κ3) is 5.17. The number of sulfonamides is 1. The number of anilines is 1. The van der Waals surface area contributed by atoms with Gasteiger partial charge in [0.2, 0.25) is 10.0 Å². The predicted molar refractivity (Wildman–Crippen MR) is 123 cm³/mol. The van der Waals surface area contributed by atoms with E-state index in [0.717, 1.165) is 49.9 Å². The van der Waals surface area contributed by atoms with Crippen molar-refractivity contribution >= 4 is 21.6 Å². The average Bonchev–Trinajstić information content (AvgIpc) is 3.59. The Morgan fingerprint density at radius 2 is 1.65 bits per heavy atom. The number of aryl methyl sites for hydroxylation is 2. The summed E-state index contributed by atoms with van der Waals surface area (Å²) < 4.78 is 29.3. The highest BCUT2D eigenvalue weighted by Gasteiger charge is 2.39. The van der Waals surface area contributed by atoms with Crippen LogP contribution in [0.25, 0.3) is 0 Å². The first kappa shape index (κ1) is 22.0. The third-order valence-electron chi connectivity index (χ3n) is 6.46. The quantitative estimate of drug-likeness (QED) is 0.613. The molecule has 1 aliphatic carbocycles. The first-order valence-electron chi connectivity index (χ1n) is 11.1. The van der Waals surface area contributed by atoms with E-state index in [-0.39, 0.29) is 16.8 Å².